The second kappa shape index (κ2) is 9.50. The van der Waals surface area contributed by atoms with Gasteiger partial charge in [-0.2, -0.15) is 0 Å². The standard InChI is InChI=1S/C36H22N4O/c1-4-10-25(11-5-1)33-32-30(41-40-33)21-20-24-18-16-23-17-19-28(22-29(23)31(24)32)36-38-34(26-12-6-2-7-13-26)37-35(39-36)27-14-8-3-9-15-27/h1-22H. The maximum atomic E-state index is 5.82. The van der Waals surface area contributed by atoms with Crippen molar-refractivity contribution in [1.82, 2.24) is 20.1 Å². The summed E-state index contributed by atoms with van der Waals surface area (Å²) in [4.78, 5) is 14.7. The van der Waals surface area contributed by atoms with Gasteiger partial charge in [0.2, 0.25) is 0 Å². The molecule has 0 aliphatic rings. The van der Waals surface area contributed by atoms with Crippen LogP contribution in [0.1, 0.15) is 0 Å². The molecule has 0 fully saturated rings. The number of fused-ring (bicyclic) bond motifs is 5. The predicted molar refractivity (Wildman–Crippen MR) is 164 cm³/mol. The molecule has 0 spiro atoms. The van der Waals surface area contributed by atoms with E-state index in [1.165, 1.54) is 0 Å². The average Bonchev–Trinajstić information content (AvgIpc) is 3.50. The van der Waals surface area contributed by atoms with Gasteiger partial charge in [0, 0.05) is 27.6 Å². The van der Waals surface area contributed by atoms with Crippen LogP contribution in [-0.2, 0) is 0 Å². The van der Waals surface area contributed by atoms with Gasteiger partial charge in [-0.15, -0.1) is 0 Å². The van der Waals surface area contributed by atoms with Gasteiger partial charge in [0.25, 0.3) is 0 Å². The molecule has 6 aromatic carbocycles. The highest BCUT2D eigenvalue weighted by Gasteiger charge is 2.17. The zero-order valence-electron chi connectivity index (χ0n) is 21.9. The Hall–Kier alpha value is -5.68. The minimum atomic E-state index is 0.623. The fourth-order valence-electron chi connectivity index (χ4n) is 5.45. The molecule has 2 aromatic heterocycles. The molecule has 0 radical (unpaired) electrons. The zero-order chi connectivity index (χ0) is 27.2. The lowest BCUT2D eigenvalue weighted by Gasteiger charge is -2.10. The van der Waals surface area contributed by atoms with Crippen LogP contribution in [-0.4, -0.2) is 20.1 Å². The van der Waals surface area contributed by atoms with Crippen molar-refractivity contribution in [2.75, 3.05) is 0 Å². The van der Waals surface area contributed by atoms with Crippen molar-refractivity contribution in [3.05, 3.63) is 133 Å². The Bertz CT molecular complexity index is 2130. The van der Waals surface area contributed by atoms with E-state index < -0.39 is 0 Å². The normalized spacial score (nSPS) is 11.4. The molecule has 5 nitrogen and oxygen atoms in total. The van der Waals surface area contributed by atoms with Gasteiger partial charge in [0.05, 0.1) is 5.39 Å². The Morgan fingerprint density at radius 1 is 0.415 bits per heavy atom. The number of rotatable bonds is 4. The molecule has 0 unspecified atom stereocenters. The molecule has 0 saturated heterocycles. The van der Waals surface area contributed by atoms with Crippen molar-refractivity contribution in [3.63, 3.8) is 0 Å². The van der Waals surface area contributed by atoms with Gasteiger partial charge in [-0.1, -0.05) is 126 Å². The van der Waals surface area contributed by atoms with Gasteiger partial charge in [-0.05, 0) is 28.3 Å². The highest BCUT2D eigenvalue weighted by Crippen LogP contribution is 2.39. The first kappa shape index (κ1) is 23.2. The molecule has 2 heterocycles. The quantitative estimate of drug-likeness (QED) is 0.214. The molecule has 0 atom stereocenters. The molecule has 0 N–H and O–H groups in total. The molecule has 8 aromatic rings. The van der Waals surface area contributed by atoms with Crippen molar-refractivity contribution in [3.8, 4) is 45.4 Å². The van der Waals surface area contributed by atoms with Crippen molar-refractivity contribution >= 4 is 32.5 Å². The van der Waals surface area contributed by atoms with E-state index in [1.807, 2.05) is 84.9 Å². The number of hydrogen-bond acceptors (Lipinski definition) is 5. The zero-order valence-corrected chi connectivity index (χ0v) is 21.9. The molecule has 5 heteroatoms. The molecule has 0 aliphatic heterocycles. The SMILES string of the molecule is c1ccc(-c2nc(-c3ccccc3)nc(-c3ccc4ccc5ccc6onc(-c7ccccc7)c6c5c4c3)n2)cc1. The minimum Gasteiger partial charge on any atom is -0.356 e. The molecule has 192 valence electrons. The lowest BCUT2D eigenvalue weighted by Crippen LogP contribution is -2.00. The second-order valence-corrected chi connectivity index (χ2v) is 9.97. The van der Waals surface area contributed by atoms with E-state index in [0.717, 1.165) is 60.5 Å². The maximum absolute atomic E-state index is 5.82. The van der Waals surface area contributed by atoms with Crippen molar-refractivity contribution in [2.45, 2.75) is 0 Å². The van der Waals surface area contributed by atoms with Crippen LogP contribution in [0.3, 0.4) is 0 Å². The number of benzene rings is 6. The van der Waals surface area contributed by atoms with Crippen LogP contribution in [0.2, 0.25) is 0 Å². The van der Waals surface area contributed by atoms with Gasteiger partial charge >= 0.3 is 0 Å². The number of nitrogens with zero attached hydrogens (tertiary/aromatic N) is 4. The van der Waals surface area contributed by atoms with E-state index in [1.54, 1.807) is 0 Å². The topological polar surface area (TPSA) is 64.7 Å². The fraction of sp³-hybridized carbons (Fsp3) is 0. The predicted octanol–water partition coefficient (Wildman–Crippen LogP) is 8.99. The summed E-state index contributed by atoms with van der Waals surface area (Å²) >= 11 is 0. The van der Waals surface area contributed by atoms with E-state index in [0.29, 0.717) is 17.5 Å². The Balaban J connectivity index is 1.40. The Kier molecular flexibility index (Phi) is 5.38. The highest BCUT2D eigenvalue weighted by atomic mass is 16.5. The van der Waals surface area contributed by atoms with E-state index in [9.17, 15) is 0 Å². The summed E-state index contributed by atoms with van der Waals surface area (Å²) in [6.07, 6.45) is 0. The molecule has 41 heavy (non-hydrogen) atoms. The molecule has 0 aliphatic carbocycles. The van der Waals surface area contributed by atoms with Crippen LogP contribution in [0, 0.1) is 0 Å². The Morgan fingerprint density at radius 3 is 1.56 bits per heavy atom. The largest absolute Gasteiger partial charge is 0.356 e. The van der Waals surface area contributed by atoms with Gasteiger partial charge in [-0.3, -0.25) is 0 Å². The van der Waals surface area contributed by atoms with Crippen LogP contribution < -0.4 is 0 Å². The summed E-state index contributed by atoms with van der Waals surface area (Å²) in [7, 11) is 0. The summed E-state index contributed by atoms with van der Waals surface area (Å²) in [6.45, 7) is 0. The van der Waals surface area contributed by atoms with Crippen LogP contribution in [0.15, 0.2) is 138 Å². The molecular weight excluding hydrogens is 504 g/mol. The lowest BCUT2D eigenvalue weighted by atomic mass is 9.95. The van der Waals surface area contributed by atoms with Crippen LogP contribution >= 0.6 is 0 Å². The number of aromatic nitrogens is 4. The third-order valence-corrected chi connectivity index (χ3v) is 7.44. The monoisotopic (exact) mass is 526 g/mol. The third-order valence-electron chi connectivity index (χ3n) is 7.44. The van der Waals surface area contributed by atoms with Crippen molar-refractivity contribution < 1.29 is 4.52 Å². The summed E-state index contributed by atoms with van der Waals surface area (Å²) in [5, 5.41) is 9.92. The van der Waals surface area contributed by atoms with Gasteiger partial charge < -0.3 is 4.52 Å². The third kappa shape index (κ3) is 4.03. The van der Waals surface area contributed by atoms with E-state index in [-0.39, 0.29) is 0 Å². The molecule has 0 saturated carbocycles. The van der Waals surface area contributed by atoms with Crippen molar-refractivity contribution in [1.29, 1.82) is 0 Å². The summed E-state index contributed by atoms with van der Waals surface area (Å²) < 4.78 is 5.82. The molecule has 0 amide bonds. The first-order chi connectivity index (χ1) is 20.3. The number of hydrogen-bond donors (Lipinski definition) is 0. The second-order valence-electron chi connectivity index (χ2n) is 9.97. The van der Waals surface area contributed by atoms with Crippen LogP contribution in [0.25, 0.3) is 77.9 Å². The molecule has 8 rings (SSSR count). The van der Waals surface area contributed by atoms with Crippen LogP contribution in [0.5, 0.6) is 0 Å². The smallest absolute Gasteiger partial charge is 0.168 e. The molecule has 0 bridgehead atoms. The molecular formula is C36H22N4O. The fourth-order valence-corrected chi connectivity index (χ4v) is 5.45. The van der Waals surface area contributed by atoms with Gasteiger partial charge in [0.1, 0.15) is 5.69 Å². The van der Waals surface area contributed by atoms with Crippen LogP contribution in [0.4, 0.5) is 0 Å². The highest BCUT2D eigenvalue weighted by molar-refractivity contribution is 6.23. The summed E-state index contributed by atoms with van der Waals surface area (Å²) in [5.41, 5.74) is 5.41. The average molecular weight is 527 g/mol. The Labute approximate surface area is 235 Å². The van der Waals surface area contributed by atoms with Crippen molar-refractivity contribution in [2.24, 2.45) is 0 Å². The summed E-state index contributed by atoms with van der Waals surface area (Å²) in [6, 6.07) is 45.0. The van der Waals surface area contributed by atoms with Gasteiger partial charge in [-0.25, -0.2) is 15.0 Å². The minimum absolute atomic E-state index is 0.623. The first-order valence-electron chi connectivity index (χ1n) is 13.5. The maximum Gasteiger partial charge on any atom is 0.168 e. The lowest BCUT2D eigenvalue weighted by molar-refractivity contribution is 0.459. The Morgan fingerprint density at radius 2 is 0.927 bits per heavy atom. The van der Waals surface area contributed by atoms with E-state index in [4.69, 9.17) is 19.5 Å². The van der Waals surface area contributed by atoms with E-state index >= 15 is 0 Å². The van der Waals surface area contributed by atoms with E-state index in [2.05, 4.69) is 53.7 Å². The first-order valence-corrected chi connectivity index (χ1v) is 13.5. The van der Waals surface area contributed by atoms with Gasteiger partial charge in [0.15, 0.2) is 23.1 Å². The summed E-state index contributed by atoms with van der Waals surface area (Å²) in [5.74, 6) is 1.90.